The molecule has 0 aliphatic rings. The molecule has 0 saturated carbocycles. The van der Waals surface area contributed by atoms with Gasteiger partial charge in [0.1, 0.15) is 18.7 Å². The van der Waals surface area contributed by atoms with Gasteiger partial charge in [-0.25, -0.2) is 4.79 Å². The highest BCUT2D eigenvalue weighted by atomic mass is 16.4. The van der Waals surface area contributed by atoms with E-state index in [0.29, 0.717) is 11.5 Å². The van der Waals surface area contributed by atoms with Crippen LogP contribution in [0.25, 0.3) is 11.0 Å². The van der Waals surface area contributed by atoms with Gasteiger partial charge in [0.25, 0.3) is 0 Å². The fourth-order valence-corrected chi connectivity index (χ4v) is 3.71. The van der Waals surface area contributed by atoms with Crippen LogP contribution in [0.2, 0.25) is 0 Å². The van der Waals surface area contributed by atoms with Gasteiger partial charge in [-0.15, -0.1) is 0 Å². The van der Waals surface area contributed by atoms with Gasteiger partial charge in [0.05, 0.1) is 20.4 Å². The Labute approximate surface area is 160 Å². The van der Waals surface area contributed by atoms with Crippen LogP contribution >= 0.6 is 0 Å². The average molecular weight is 370 g/mol. The molecule has 5 nitrogen and oxygen atoms in total. The Morgan fingerprint density at radius 1 is 1.19 bits per heavy atom. The Bertz CT molecular complexity index is 956. The first kappa shape index (κ1) is 19.4. The summed E-state index contributed by atoms with van der Waals surface area (Å²) >= 11 is 0. The molecule has 3 rings (SSSR count). The van der Waals surface area contributed by atoms with Crippen LogP contribution in [0.15, 0.2) is 50.2 Å². The zero-order valence-electron chi connectivity index (χ0n) is 16.8. The molecule has 3 N–H and O–H groups in total. The smallest absolute Gasteiger partial charge is 0.336 e. The molecular formula is C22H30N2O3+2. The Balaban J connectivity index is 1.85. The SMILES string of the molecule is Cc1cc2oc(=O)cc(C[NH2+]C[C@H](c3ccco3)[NH+](C)C)c2cc1C(C)C. The first-order valence-corrected chi connectivity index (χ1v) is 9.59. The summed E-state index contributed by atoms with van der Waals surface area (Å²) < 4.78 is 11.1. The summed E-state index contributed by atoms with van der Waals surface area (Å²) in [4.78, 5) is 13.3. The number of nitrogens with two attached hydrogens (primary N) is 1. The predicted molar refractivity (Wildman–Crippen MR) is 106 cm³/mol. The molecule has 0 spiro atoms. The fourth-order valence-electron chi connectivity index (χ4n) is 3.71. The Morgan fingerprint density at radius 3 is 2.59 bits per heavy atom. The van der Waals surface area contributed by atoms with Crippen LogP contribution in [-0.4, -0.2) is 20.6 Å². The number of quaternary nitrogens is 2. The monoisotopic (exact) mass is 370 g/mol. The molecule has 0 radical (unpaired) electrons. The summed E-state index contributed by atoms with van der Waals surface area (Å²) in [5.41, 5.74) is 3.87. The predicted octanol–water partition coefficient (Wildman–Crippen LogP) is 1.77. The molecule has 3 aromatic rings. The number of hydrogen-bond acceptors (Lipinski definition) is 3. The molecule has 2 aromatic heterocycles. The van der Waals surface area contributed by atoms with Crippen molar-refractivity contribution in [3.05, 3.63) is 69.5 Å². The van der Waals surface area contributed by atoms with Crippen molar-refractivity contribution in [2.45, 2.75) is 39.3 Å². The summed E-state index contributed by atoms with van der Waals surface area (Å²) in [6.07, 6.45) is 1.72. The van der Waals surface area contributed by atoms with Crippen molar-refractivity contribution in [2.75, 3.05) is 20.6 Å². The standard InChI is InChI=1S/C22H28N2O3/c1-14(2)17-11-18-16(10-22(25)27-21(18)9-15(17)3)12-23-13-19(24(4)5)20-7-6-8-26-20/h6-11,14,19,23H,12-13H2,1-5H3/p+2/t19-/m1/s1. The zero-order chi connectivity index (χ0) is 19.6. The maximum absolute atomic E-state index is 12.0. The van der Waals surface area contributed by atoms with Crippen LogP contribution in [0.4, 0.5) is 0 Å². The lowest BCUT2D eigenvalue weighted by molar-refractivity contribution is -0.911. The summed E-state index contributed by atoms with van der Waals surface area (Å²) in [6, 6.07) is 10.0. The van der Waals surface area contributed by atoms with Crippen molar-refractivity contribution < 1.29 is 19.1 Å². The van der Waals surface area contributed by atoms with Crippen LogP contribution in [0.3, 0.4) is 0 Å². The second-order valence-corrected chi connectivity index (χ2v) is 7.82. The van der Waals surface area contributed by atoms with Gasteiger partial charge in [0.2, 0.25) is 0 Å². The summed E-state index contributed by atoms with van der Waals surface area (Å²) in [5, 5.41) is 3.27. The molecule has 0 fully saturated rings. The minimum Gasteiger partial charge on any atom is -0.463 e. The van der Waals surface area contributed by atoms with E-state index in [4.69, 9.17) is 8.83 Å². The second-order valence-electron chi connectivity index (χ2n) is 7.82. The lowest BCUT2D eigenvalue weighted by Gasteiger charge is -2.18. The zero-order valence-corrected chi connectivity index (χ0v) is 16.8. The Hall–Kier alpha value is -2.37. The molecule has 1 aromatic carbocycles. The normalized spacial score (nSPS) is 13.0. The number of likely N-dealkylation sites (N-methyl/N-ethyl adjacent to an activating group) is 1. The van der Waals surface area contributed by atoms with Crippen LogP contribution < -0.4 is 15.8 Å². The van der Waals surface area contributed by atoms with Crippen molar-refractivity contribution in [2.24, 2.45) is 0 Å². The van der Waals surface area contributed by atoms with E-state index in [2.05, 4.69) is 46.2 Å². The van der Waals surface area contributed by atoms with Crippen LogP contribution in [0.1, 0.15) is 48.3 Å². The van der Waals surface area contributed by atoms with E-state index in [-0.39, 0.29) is 11.7 Å². The van der Waals surface area contributed by atoms with Crippen LogP contribution in [0, 0.1) is 6.92 Å². The number of nitrogens with one attached hydrogen (secondary N) is 1. The van der Waals surface area contributed by atoms with Crippen LogP contribution in [0.5, 0.6) is 0 Å². The van der Waals surface area contributed by atoms with Gasteiger partial charge in [-0.3, -0.25) is 0 Å². The molecule has 0 amide bonds. The van der Waals surface area contributed by atoms with E-state index in [1.165, 1.54) is 10.5 Å². The second kappa shape index (κ2) is 8.11. The maximum atomic E-state index is 12.0. The maximum Gasteiger partial charge on any atom is 0.336 e. The molecule has 144 valence electrons. The highest BCUT2D eigenvalue weighted by Crippen LogP contribution is 2.26. The van der Waals surface area contributed by atoms with E-state index in [0.717, 1.165) is 35.4 Å². The van der Waals surface area contributed by atoms with Crippen molar-refractivity contribution in [3.63, 3.8) is 0 Å². The van der Waals surface area contributed by atoms with E-state index in [1.54, 1.807) is 12.3 Å². The molecule has 27 heavy (non-hydrogen) atoms. The van der Waals surface area contributed by atoms with Gasteiger partial charge in [-0.05, 0) is 48.2 Å². The molecule has 1 atom stereocenters. The third-order valence-corrected chi connectivity index (χ3v) is 5.19. The van der Waals surface area contributed by atoms with Gasteiger partial charge in [0.15, 0.2) is 11.8 Å². The third-order valence-electron chi connectivity index (χ3n) is 5.19. The quantitative estimate of drug-likeness (QED) is 0.623. The largest absolute Gasteiger partial charge is 0.463 e. The van der Waals surface area contributed by atoms with Crippen molar-refractivity contribution in [3.8, 4) is 0 Å². The Morgan fingerprint density at radius 2 is 1.96 bits per heavy atom. The summed E-state index contributed by atoms with van der Waals surface area (Å²) in [5.74, 6) is 1.42. The van der Waals surface area contributed by atoms with Gasteiger partial charge in [-0.2, -0.15) is 0 Å². The number of aryl methyl sites for hydroxylation is 1. The number of fused-ring (bicyclic) bond motifs is 1. The third kappa shape index (κ3) is 4.31. The highest BCUT2D eigenvalue weighted by molar-refractivity contribution is 5.82. The lowest BCUT2D eigenvalue weighted by Crippen LogP contribution is -3.09. The van der Waals surface area contributed by atoms with Gasteiger partial charge in [-0.1, -0.05) is 13.8 Å². The number of benzene rings is 1. The molecule has 0 aliphatic heterocycles. The molecular weight excluding hydrogens is 340 g/mol. The summed E-state index contributed by atoms with van der Waals surface area (Å²) in [7, 11) is 4.26. The van der Waals surface area contributed by atoms with E-state index >= 15 is 0 Å². The minimum absolute atomic E-state index is 0.264. The average Bonchev–Trinajstić information content (AvgIpc) is 3.11. The highest BCUT2D eigenvalue weighted by Gasteiger charge is 2.22. The Kier molecular flexibility index (Phi) is 5.82. The first-order chi connectivity index (χ1) is 12.9. The number of hydrogen-bond donors (Lipinski definition) is 2. The first-order valence-electron chi connectivity index (χ1n) is 9.59. The van der Waals surface area contributed by atoms with Crippen molar-refractivity contribution in [1.29, 1.82) is 0 Å². The topological polar surface area (TPSA) is 64.4 Å². The van der Waals surface area contributed by atoms with Gasteiger partial charge >= 0.3 is 5.63 Å². The molecule has 0 aliphatic carbocycles. The van der Waals surface area contributed by atoms with Crippen LogP contribution in [-0.2, 0) is 6.54 Å². The molecule has 0 saturated heterocycles. The minimum atomic E-state index is -0.289. The van der Waals surface area contributed by atoms with Gasteiger partial charge < -0.3 is 19.1 Å². The van der Waals surface area contributed by atoms with Gasteiger partial charge in [0, 0.05) is 17.0 Å². The molecule has 0 bridgehead atoms. The lowest BCUT2D eigenvalue weighted by atomic mass is 9.95. The van der Waals surface area contributed by atoms with Crippen molar-refractivity contribution >= 4 is 11.0 Å². The van der Waals surface area contributed by atoms with E-state index in [1.807, 2.05) is 18.2 Å². The molecule has 2 heterocycles. The fraction of sp³-hybridized carbons (Fsp3) is 0.409. The molecule has 5 heteroatoms. The van der Waals surface area contributed by atoms with E-state index in [9.17, 15) is 4.79 Å². The van der Waals surface area contributed by atoms with Crippen molar-refractivity contribution in [1.82, 2.24) is 0 Å². The summed E-state index contributed by atoms with van der Waals surface area (Å²) in [6.45, 7) is 8.05. The van der Waals surface area contributed by atoms with E-state index < -0.39 is 0 Å². The number of furan rings is 1. The number of rotatable bonds is 7. The molecule has 0 unspecified atom stereocenters.